The highest BCUT2D eigenvalue weighted by Crippen LogP contribution is 2.36. The van der Waals surface area contributed by atoms with Crippen molar-refractivity contribution in [3.63, 3.8) is 0 Å². The third-order valence-electron chi connectivity index (χ3n) is 5.09. The van der Waals surface area contributed by atoms with Gasteiger partial charge in [0, 0.05) is 21.8 Å². The fraction of sp³-hybridized carbons (Fsp3) is 0.407. The van der Waals surface area contributed by atoms with Crippen molar-refractivity contribution >= 4 is 23.1 Å². The molecule has 0 N–H and O–H groups in total. The summed E-state index contributed by atoms with van der Waals surface area (Å²) >= 11 is 0. The lowest BCUT2D eigenvalue weighted by Gasteiger charge is -2.21. The zero-order chi connectivity index (χ0) is 20.6. The van der Waals surface area contributed by atoms with E-state index >= 15 is 0 Å². The van der Waals surface area contributed by atoms with Crippen molar-refractivity contribution in [2.45, 2.75) is 60.8 Å². The Labute approximate surface area is 171 Å². The van der Waals surface area contributed by atoms with E-state index in [0.717, 1.165) is 30.6 Å². The van der Waals surface area contributed by atoms with Crippen molar-refractivity contribution < 1.29 is 4.42 Å². The Kier molecular flexibility index (Phi) is 7.69. The minimum Gasteiger partial charge on any atom is -0.456 e. The molecule has 1 aliphatic carbocycles. The van der Waals surface area contributed by atoms with Crippen molar-refractivity contribution in [2.75, 3.05) is 0 Å². The number of fused-ring (bicyclic) bond motifs is 3. The first kappa shape index (κ1) is 22.0. The van der Waals surface area contributed by atoms with Crippen molar-refractivity contribution in [2.24, 2.45) is 10.8 Å². The minimum atomic E-state index is 0.0520. The van der Waals surface area contributed by atoms with Crippen LogP contribution >= 0.6 is 0 Å². The van der Waals surface area contributed by atoms with Crippen LogP contribution in [0.15, 0.2) is 65.1 Å². The smallest absolute Gasteiger partial charge is 0.135 e. The third kappa shape index (κ3) is 5.61. The van der Waals surface area contributed by atoms with Crippen LogP contribution in [-0.2, 0) is 0 Å². The van der Waals surface area contributed by atoms with Crippen LogP contribution in [0.2, 0.25) is 0 Å². The molecule has 2 aromatic rings. The molecule has 1 aliphatic rings. The van der Waals surface area contributed by atoms with Gasteiger partial charge in [-0.15, -0.1) is 0 Å². The summed E-state index contributed by atoms with van der Waals surface area (Å²) in [7, 11) is 0. The molecule has 0 aliphatic heterocycles. The number of hydrogen-bond donors (Lipinski definition) is 0. The van der Waals surface area contributed by atoms with Gasteiger partial charge in [0.25, 0.3) is 0 Å². The van der Waals surface area contributed by atoms with Gasteiger partial charge in [-0.05, 0) is 31.4 Å². The Morgan fingerprint density at radius 1 is 1.00 bits per heavy atom. The molecule has 1 unspecified atom stereocenters. The standard InChI is InChI=1S/C25H30O.C2H6/c1-5-6-15-24(2,3)16-9-10-17-25(4)18-13-21-20-11-7-8-12-22(20)26-23(21)14-19-25;1-2/h6-9,11-16,18-19H,5,10,17H2,1-4H3;1-2H3/b15-6-,16-9-;. The molecule has 0 radical (unpaired) electrons. The summed E-state index contributed by atoms with van der Waals surface area (Å²) in [6.07, 6.45) is 21.4. The Bertz CT molecular complexity index is 873. The van der Waals surface area contributed by atoms with Gasteiger partial charge >= 0.3 is 0 Å². The predicted octanol–water partition coefficient (Wildman–Crippen LogP) is 8.83. The summed E-state index contributed by atoms with van der Waals surface area (Å²) in [4.78, 5) is 0. The Hall–Kier alpha value is -2.28. The van der Waals surface area contributed by atoms with E-state index in [1.54, 1.807) is 0 Å². The number of furan rings is 1. The van der Waals surface area contributed by atoms with E-state index in [1.807, 2.05) is 26.0 Å². The topological polar surface area (TPSA) is 13.1 Å². The highest BCUT2D eigenvalue weighted by Gasteiger charge is 2.21. The van der Waals surface area contributed by atoms with Crippen LogP contribution in [-0.4, -0.2) is 0 Å². The van der Waals surface area contributed by atoms with Crippen molar-refractivity contribution in [3.8, 4) is 0 Å². The molecule has 1 aromatic heterocycles. The van der Waals surface area contributed by atoms with Gasteiger partial charge < -0.3 is 4.42 Å². The van der Waals surface area contributed by atoms with Gasteiger partial charge in [-0.25, -0.2) is 0 Å². The number of allylic oxidation sites excluding steroid dienone is 6. The van der Waals surface area contributed by atoms with Crippen LogP contribution < -0.4 is 0 Å². The first-order chi connectivity index (χ1) is 13.4. The highest BCUT2D eigenvalue weighted by atomic mass is 16.3. The molecule has 1 nitrogen and oxygen atoms in total. The molecule has 1 heterocycles. The molecule has 0 saturated heterocycles. The quantitative estimate of drug-likeness (QED) is 0.459. The van der Waals surface area contributed by atoms with Gasteiger partial charge in [0.2, 0.25) is 0 Å². The zero-order valence-corrected chi connectivity index (χ0v) is 18.5. The average Bonchev–Trinajstić information content (AvgIpc) is 2.98. The van der Waals surface area contributed by atoms with Crippen molar-refractivity contribution in [3.05, 3.63) is 72.0 Å². The van der Waals surface area contributed by atoms with Gasteiger partial charge in [0.15, 0.2) is 0 Å². The van der Waals surface area contributed by atoms with E-state index in [9.17, 15) is 0 Å². The molecular weight excluding hydrogens is 340 g/mol. The molecule has 150 valence electrons. The predicted molar refractivity (Wildman–Crippen MR) is 125 cm³/mol. The SMILES string of the molecule is CC.CC/C=C\C(C)(C)/C=C\CCC1(C)C=Cc2oc3ccccc3c2C=C1. The van der Waals surface area contributed by atoms with E-state index in [4.69, 9.17) is 4.42 Å². The van der Waals surface area contributed by atoms with E-state index in [1.165, 1.54) is 10.9 Å². The van der Waals surface area contributed by atoms with Gasteiger partial charge in [-0.3, -0.25) is 0 Å². The fourth-order valence-corrected chi connectivity index (χ4v) is 3.40. The molecule has 0 saturated carbocycles. The minimum absolute atomic E-state index is 0.0520. The van der Waals surface area contributed by atoms with E-state index in [-0.39, 0.29) is 10.8 Å². The Morgan fingerprint density at radius 2 is 1.68 bits per heavy atom. The van der Waals surface area contributed by atoms with Crippen molar-refractivity contribution in [1.82, 2.24) is 0 Å². The van der Waals surface area contributed by atoms with Gasteiger partial charge in [-0.2, -0.15) is 0 Å². The second-order valence-electron chi connectivity index (χ2n) is 8.12. The number of para-hydroxylation sites is 1. The summed E-state index contributed by atoms with van der Waals surface area (Å²) in [6, 6.07) is 8.25. The first-order valence-electron chi connectivity index (χ1n) is 10.7. The Morgan fingerprint density at radius 3 is 2.43 bits per heavy atom. The van der Waals surface area contributed by atoms with Crippen LogP contribution in [0.4, 0.5) is 0 Å². The fourth-order valence-electron chi connectivity index (χ4n) is 3.40. The second-order valence-corrected chi connectivity index (χ2v) is 8.12. The second kappa shape index (κ2) is 9.78. The molecule has 0 amide bonds. The summed E-state index contributed by atoms with van der Waals surface area (Å²) in [5, 5.41) is 1.19. The molecule has 1 heteroatoms. The van der Waals surface area contributed by atoms with E-state index < -0.39 is 0 Å². The van der Waals surface area contributed by atoms with E-state index in [0.29, 0.717) is 0 Å². The number of hydrogen-bond acceptors (Lipinski definition) is 1. The number of benzene rings is 1. The maximum atomic E-state index is 6.01. The molecule has 3 rings (SSSR count). The Balaban J connectivity index is 0.00000136. The lowest BCUT2D eigenvalue weighted by molar-refractivity contribution is 0.507. The van der Waals surface area contributed by atoms with Gasteiger partial charge in [0.1, 0.15) is 11.3 Å². The summed E-state index contributed by atoms with van der Waals surface area (Å²) in [5.41, 5.74) is 2.34. The molecule has 0 bridgehead atoms. The van der Waals surface area contributed by atoms with Gasteiger partial charge in [0.05, 0.1) is 0 Å². The van der Waals surface area contributed by atoms with Crippen LogP contribution in [0.1, 0.15) is 72.1 Å². The monoisotopic (exact) mass is 376 g/mol. The maximum absolute atomic E-state index is 6.01. The average molecular weight is 377 g/mol. The first-order valence-corrected chi connectivity index (χ1v) is 10.7. The van der Waals surface area contributed by atoms with Crippen LogP contribution in [0.3, 0.4) is 0 Å². The molecule has 1 atom stereocenters. The molecular formula is C27H36O. The molecule has 28 heavy (non-hydrogen) atoms. The lowest BCUT2D eigenvalue weighted by Crippen LogP contribution is -2.08. The highest BCUT2D eigenvalue weighted by molar-refractivity contribution is 5.91. The van der Waals surface area contributed by atoms with Crippen molar-refractivity contribution in [1.29, 1.82) is 0 Å². The number of rotatable bonds is 6. The maximum Gasteiger partial charge on any atom is 0.135 e. The zero-order valence-electron chi connectivity index (χ0n) is 18.5. The van der Waals surface area contributed by atoms with Gasteiger partial charge in [-0.1, -0.05) is 102 Å². The molecule has 1 aromatic carbocycles. The molecule has 0 spiro atoms. The largest absolute Gasteiger partial charge is 0.456 e. The normalized spacial score (nSPS) is 19.1. The summed E-state index contributed by atoms with van der Waals surface area (Å²) in [6.45, 7) is 13.0. The van der Waals surface area contributed by atoms with Crippen LogP contribution in [0.5, 0.6) is 0 Å². The summed E-state index contributed by atoms with van der Waals surface area (Å²) < 4.78 is 6.01. The third-order valence-corrected chi connectivity index (χ3v) is 5.09. The van der Waals surface area contributed by atoms with Crippen LogP contribution in [0.25, 0.3) is 23.1 Å². The van der Waals surface area contributed by atoms with E-state index in [2.05, 4.69) is 88.4 Å². The summed E-state index contributed by atoms with van der Waals surface area (Å²) in [5.74, 6) is 0.965. The lowest BCUT2D eigenvalue weighted by atomic mass is 9.84. The van der Waals surface area contributed by atoms with Crippen LogP contribution in [0, 0.1) is 10.8 Å². The molecule has 0 fully saturated rings.